The molecule has 0 saturated carbocycles. The van der Waals surface area contributed by atoms with Crippen LogP contribution in [0.2, 0.25) is 0 Å². The van der Waals surface area contributed by atoms with Crippen LogP contribution in [0.25, 0.3) is 0 Å². The molecule has 1 fully saturated rings. The molecule has 0 amide bonds. The number of allylic oxidation sites excluding steroid dienone is 1. The molecule has 0 spiro atoms. The predicted molar refractivity (Wildman–Crippen MR) is 58.7 cm³/mol. The van der Waals surface area contributed by atoms with Crippen LogP contribution in [0.1, 0.15) is 39.0 Å². The largest absolute Gasteiger partial charge is 0.457 e. The number of fused-ring (bicyclic) bond motifs is 2. The number of carbonyl (C=O) groups is 1. The van der Waals surface area contributed by atoms with Gasteiger partial charge in [0.2, 0.25) is 0 Å². The molecule has 0 aromatic heterocycles. The van der Waals surface area contributed by atoms with E-state index in [0.717, 1.165) is 25.7 Å². The maximum absolute atomic E-state index is 11.3. The van der Waals surface area contributed by atoms with E-state index in [-0.39, 0.29) is 24.1 Å². The third-order valence-electron chi connectivity index (χ3n) is 4.50. The molecule has 0 radical (unpaired) electrons. The highest BCUT2D eigenvalue weighted by atomic mass is 16.6. The third kappa shape index (κ3) is 1.27. The van der Waals surface area contributed by atoms with Gasteiger partial charge in [0.25, 0.3) is 0 Å². The molecule has 1 heterocycles. The number of hydrogen-bond donors (Lipinski definition) is 1. The van der Waals surface area contributed by atoms with E-state index in [9.17, 15) is 9.90 Å². The molecule has 1 N–H and O–H groups in total. The van der Waals surface area contributed by atoms with Crippen LogP contribution in [0.4, 0.5) is 0 Å². The molecule has 1 aliphatic heterocycles. The van der Waals surface area contributed by atoms with Crippen molar-refractivity contribution in [3.05, 3.63) is 11.1 Å². The van der Waals surface area contributed by atoms with Crippen molar-refractivity contribution in [3.8, 4) is 0 Å². The number of ether oxygens (including phenoxy) is 1. The van der Waals surface area contributed by atoms with Crippen molar-refractivity contribution in [2.45, 2.75) is 45.1 Å². The number of hydrogen-bond acceptors (Lipinski definition) is 3. The van der Waals surface area contributed by atoms with Crippen molar-refractivity contribution in [1.82, 2.24) is 0 Å². The first-order chi connectivity index (χ1) is 7.64. The van der Waals surface area contributed by atoms with Gasteiger partial charge in [0.1, 0.15) is 6.10 Å². The van der Waals surface area contributed by atoms with Gasteiger partial charge in [-0.2, -0.15) is 0 Å². The number of carbonyl (C=O) groups excluding carboxylic acids is 1. The van der Waals surface area contributed by atoms with Gasteiger partial charge >= 0.3 is 5.97 Å². The van der Waals surface area contributed by atoms with Crippen molar-refractivity contribution in [3.63, 3.8) is 0 Å². The van der Waals surface area contributed by atoms with Gasteiger partial charge in [0, 0.05) is 11.3 Å². The van der Waals surface area contributed by atoms with E-state index in [0.29, 0.717) is 12.3 Å². The first kappa shape index (κ1) is 10.3. The zero-order valence-corrected chi connectivity index (χ0v) is 9.66. The van der Waals surface area contributed by atoms with E-state index in [1.54, 1.807) is 0 Å². The Morgan fingerprint density at radius 3 is 3.06 bits per heavy atom. The van der Waals surface area contributed by atoms with Gasteiger partial charge in [-0.15, -0.1) is 0 Å². The molecule has 3 aliphatic rings. The average molecular weight is 222 g/mol. The van der Waals surface area contributed by atoms with Gasteiger partial charge in [0.05, 0.1) is 13.0 Å². The van der Waals surface area contributed by atoms with Crippen LogP contribution in [0, 0.1) is 11.3 Å². The number of esters is 1. The normalized spacial score (nSPS) is 42.0. The third-order valence-corrected chi connectivity index (χ3v) is 4.50. The molecule has 16 heavy (non-hydrogen) atoms. The van der Waals surface area contributed by atoms with E-state index in [4.69, 9.17) is 4.74 Å². The summed E-state index contributed by atoms with van der Waals surface area (Å²) in [6, 6.07) is 0. The molecular weight excluding hydrogens is 204 g/mol. The van der Waals surface area contributed by atoms with Crippen molar-refractivity contribution >= 4 is 5.97 Å². The number of rotatable bonds is 1. The van der Waals surface area contributed by atoms with Gasteiger partial charge in [-0.3, -0.25) is 4.79 Å². The van der Waals surface area contributed by atoms with Crippen LogP contribution >= 0.6 is 0 Å². The second-order valence-electron chi connectivity index (χ2n) is 5.67. The van der Waals surface area contributed by atoms with Crippen molar-refractivity contribution in [1.29, 1.82) is 0 Å². The van der Waals surface area contributed by atoms with Gasteiger partial charge < -0.3 is 9.84 Å². The number of aliphatic hydroxyl groups is 1. The Morgan fingerprint density at radius 1 is 1.50 bits per heavy atom. The lowest BCUT2D eigenvalue weighted by atomic mass is 9.71. The highest BCUT2D eigenvalue weighted by Gasteiger charge is 2.50. The quantitative estimate of drug-likeness (QED) is 0.543. The lowest BCUT2D eigenvalue weighted by molar-refractivity contribution is -0.140. The van der Waals surface area contributed by atoms with Gasteiger partial charge in [-0.05, 0) is 31.3 Å². The Kier molecular flexibility index (Phi) is 2.15. The Morgan fingerprint density at radius 2 is 2.31 bits per heavy atom. The van der Waals surface area contributed by atoms with Crippen molar-refractivity contribution in [2.24, 2.45) is 11.3 Å². The molecular formula is C13H18O3. The minimum absolute atomic E-state index is 0.0139. The monoisotopic (exact) mass is 222 g/mol. The molecule has 88 valence electrons. The number of aliphatic hydroxyl groups excluding tert-OH is 1. The fourth-order valence-corrected chi connectivity index (χ4v) is 3.71. The maximum Gasteiger partial charge on any atom is 0.306 e. The molecule has 3 atom stereocenters. The zero-order valence-electron chi connectivity index (χ0n) is 9.66. The lowest BCUT2D eigenvalue weighted by Crippen LogP contribution is -2.33. The fourth-order valence-electron chi connectivity index (χ4n) is 3.71. The predicted octanol–water partition coefficient (Wildman–Crippen LogP) is 1.80. The van der Waals surface area contributed by atoms with Gasteiger partial charge in [-0.25, -0.2) is 0 Å². The van der Waals surface area contributed by atoms with Crippen molar-refractivity contribution < 1.29 is 14.6 Å². The summed E-state index contributed by atoms with van der Waals surface area (Å²) in [5.74, 6) is 0.300. The first-order valence-corrected chi connectivity index (χ1v) is 6.17. The fraction of sp³-hybridized carbons (Fsp3) is 0.769. The van der Waals surface area contributed by atoms with Crippen LogP contribution in [0.3, 0.4) is 0 Å². The maximum atomic E-state index is 11.3. The summed E-state index contributed by atoms with van der Waals surface area (Å²) in [6.45, 7) is 2.28. The van der Waals surface area contributed by atoms with Gasteiger partial charge in [0.15, 0.2) is 0 Å². The smallest absolute Gasteiger partial charge is 0.306 e. The Balaban J connectivity index is 1.99. The van der Waals surface area contributed by atoms with E-state index in [1.165, 1.54) is 11.1 Å². The van der Waals surface area contributed by atoms with Crippen LogP contribution < -0.4 is 0 Å². The van der Waals surface area contributed by atoms with E-state index in [2.05, 4.69) is 6.92 Å². The highest BCUT2D eigenvalue weighted by Crippen LogP contribution is 2.53. The van der Waals surface area contributed by atoms with Crippen LogP contribution in [-0.4, -0.2) is 23.8 Å². The topological polar surface area (TPSA) is 46.5 Å². The molecule has 0 bridgehead atoms. The van der Waals surface area contributed by atoms with E-state index >= 15 is 0 Å². The summed E-state index contributed by atoms with van der Waals surface area (Å²) in [4.78, 5) is 11.3. The first-order valence-electron chi connectivity index (χ1n) is 6.17. The molecule has 0 unspecified atom stereocenters. The molecule has 0 aromatic rings. The molecule has 3 rings (SSSR count). The average Bonchev–Trinajstić information content (AvgIpc) is 2.74. The van der Waals surface area contributed by atoms with Crippen LogP contribution in [-0.2, 0) is 9.53 Å². The minimum atomic E-state index is -0.141. The second kappa shape index (κ2) is 3.33. The molecule has 0 aromatic carbocycles. The molecule has 2 aliphatic carbocycles. The SMILES string of the molecule is C[C@@]1(CO)CCCC2=C1[C@H]1OC(=O)C[C@H]1C2. The Bertz CT molecular complexity index is 371. The Labute approximate surface area is 95.5 Å². The molecule has 3 heteroatoms. The molecule has 3 nitrogen and oxygen atoms in total. The lowest BCUT2D eigenvalue weighted by Gasteiger charge is -2.36. The Hall–Kier alpha value is -0.830. The zero-order chi connectivity index (χ0) is 11.3. The minimum Gasteiger partial charge on any atom is -0.457 e. The van der Waals surface area contributed by atoms with Gasteiger partial charge in [-0.1, -0.05) is 12.5 Å². The summed E-state index contributed by atoms with van der Waals surface area (Å²) in [5.41, 5.74) is 2.58. The summed E-state index contributed by atoms with van der Waals surface area (Å²) in [7, 11) is 0. The van der Waals surface area contributed by atoms with Crippen LogP contribution in [0.5, 0.6) is 0 Å². The molecule has 1 saturated heterocycles. The van der Waals surface area contributed by atoms with E-state index < -0.39 is 0 Å². The summed E-state index contributed by atoms with van der Waals surface area (Å²) in [6.07, 6.45) is 4.88. The summed E-state index contributed by atoms with van der Waals surface area (Å²) in [5, 5.41) is 9.61. The van der Waals surface area contributed by atoms with Crippen molar-refractivity contribution in [2.75, 3.05) is 6.61 Å². The summed E-state index contributed by atoms with van der Waals surface area (Å²) < 4.78 is 5.44. The standard InChI is InChI=1S/C13H18O3/c1-13(7-14)4-2-3-8-5-9-6-10(15)16-12(9)11(8)13/h9,12,14H,2-7H2,1H3/t9-,12+,13+/m1/s1. The second-order valence-corrected chi connectivity index (χ2v) is 5.67. The van der Waals surface area contributed by atoms with E-state index in [1.807, 2.05) is 0 Å². The highest BCUT2D eigenvalue weighted by molar-refractivity contribution is 5.73. The summed E-state index contributed by atoms with van der Waals surface area (Å²) >= 11 is 0. The van der Waals surface area contributed by atoms with Crippen LogP contribution in [0.15, 0.2) is 11.1 Å².